The standard InChI is InChI=1S/C19H16N4/c1-14-4-2-6-16(8-14)11-22-19-18(12-21-13-23-19)17-7-3-5-15(9-17)10-20/h2-9,12-13H,11H2,1H3,(H,21,22,23). The van der Waals surface area contributed by atoms with Crippen LogP contribution in [0.5, 0.6) is 0 Å². The van der Waals surface area contributed by atoms with Crippen molar-refractivity contribution >= 4 is 5.82 Å². The zero-order chi connectivity index (χ0) is 16.1. The van der Waals surface area contributed by atoms with Gasteiger partial charge in [0, 0.05) is 18.3 Å². The van der Waals surface area contributed by atoms with Crippen LogP contribution in [0, 0.1) is 18.3 Å². The van der Waals surface area contributed by atoms with E-state index in [1.165, 1.54) is 17.5 Å². The second-order valence-electron chi connectivity index (χ2n) is 5.32. The number of nitrogens with one attached hydrogen (secondary N) is 1. The molecule has 0 saturated carbocycles. The molecule has 0 atom stereocenters. The van der Waals surface area contributed by atoms with Gasteiger partial charge in [0.05, 0.1) is 11.6 Å². The minimum Gasteiger partial charge on any atom is -0.365 e. The molecule has 112 valence electrons. The fourth-order valence-corrected chi connectivity index (χ4v) is 2.45. The van der Waals surface area contributed by atoms with Crippen molar-refractivity contribution in [3.8, 4) is 17.2 Å². The number of hydrogen-bond acceptors (Lipinski definition) is 4. The molecule has 1 heterocycles. The van der Waals surface area contributed by atoms with Crippen LogP contribution in [-0.2, 0) is 6.54 Å². The summed E-state index contributed by atoms with van der Waals surface area (Å²) in [7, 11) is 0. The molecule has 4 heteroatoms. The van der Waals surface area contributed by atoms with E-state index in [9.17, 15) is 0 Å². The van der Waals surface area contributed by atoms with Gasteiger partial charge in [0.15, 0.2) is 0 Å². The number of rotatable bonds is 4. The van der Waals surface area contributed by atoms with Crippen LogP contribution < -0.4 is 5.32 Å². The molecule has 0 radical (unpaired) electrons. The van der Waals surface area contributed by atoms with E-state index in [4.69, 9.17) is 5.26 Å². The summed E-state index contributed by atoms with van der Waals surface area (Å²) in [4.78, 5) is 8.46. The molecule has 23 heavy (non-hydrogen) atoms. The third-order valence-electron chi connectivity index (χ3n) is 3.56. The highest BCUT2D eigenvalue weighted by atomic mass is 15.0. The second-order valence-corrected chi connectivity index (χ2v) is 5.32. The topological polar surface area (TPSA) is 61.6 Å². The minimum atomic E-state index is 0.621. The van der Waals surface area contributed by atoms with Gasteiger partial charge in [0.1, 0.15) is 12.1 Å². The van der Waals surface area contributed by atoms with Gasteiger partial charge in [0.2, 0.25) is 0 Å². The summed E-state index contributed by atoms with van der Waals surface area (Å²) >= 11 is 0. The largest absolute Gasteiger partial charge is 0.365 e. The van der Waals surface area contributed by atoms with Crippen molar-refractivity contribution in [2.45, 2.75) is 13.5 Å². The minimum absolute atomic E-state index is 0.621. The van der Waals surface area contributed by atoms with E-state index in [2.05, 4.69) is 46.5 Å². The zero-order valence-corrected chi connectivity index (χ0v) is 12.8. The Kier molecular flexibility index (Phi) is 4.30. The van der Waals surface area contributed by atoms with Crippen LogP contribution in [0.15, 0.2) is 61.1 Å². The highest BCUT2D eigenvalue weighted by Crippen LogP contribution is 2.26. The Morgan fingerprint density at radius 2 is 2.00 bits per heavy atom. The molecular formula is C19H16N4. The van der Waals surface area contributed by atoms with Crippen molar-refractivity contribution in [1.29, 1.82) is 5.26 Å². The first kappa shape index (κ1) is 14.7. The predicted molar refractivity (Wildman–Crippen MR) is 90.7 cm³/mol. The molecule has 0 aliphatic heterocycles. The van der Waals surface area contributed by atoms with Crippen LogP contribution in [0.25, 0.3) is 11.1 Å². The van der Waals surface area contributed by atoms with Crippen LogP contribution in [0.3, 0.4) is 0 Å². The fourth-order valence-electron chi connectivity index (χ4n) is 2.45. The van der Waals surface area contributed by atoms with Crippen molar-refractivity contribution in [3.63, 3.8) is 0 Å². The van der Waals surface area contributed by atoms with E-state index in [-0.39, 0.29) is 0 Å². The quantitative estimate of drug-likeness (QED) is 0.793. The number of benzene rings is 2. The maximum absolute atomic E-state index is 9.06. The summed E-state index contributed by atoms with van der Waals surface area (Å²) in [5, 5.41) is 12.4. The van der Waals surface area contributed by atoms with Crippen molar-refractivity contribution < 1.29 is 0 Å². The molecular weight excluding hydrogens is 284 g/mol. The van der Waals surface area contributed by atoms with Gasteiger partial charge in [-0.1, -0.05) is 42.0 Å². The van der Waals surface area contributed by atoms with Gasteiger partial charge in [0.25, 0.3) is 0 Å². The molecule has 0 amide bonds. The molecule has 2 aromatic carbocycles. The lowest BCUT2D eigenvalue weighted by molar-refractivity contribution is 1.08. The first-order chi connectivity index (χ1) is 11.3. The Morgan fingerprint density at radius 1 is 1.13 bits per heavy atom. The van der Waals surface area contributed by atoms with Crippen molar-refractivity contribution in [2.75, 3.05) is 5.32 Å². The molecule has 0 saturated heterocycles. The summed E-state index contributed by atoms with van der Waals surface area (Å²) in [6, 6.07) is 18.0. The molecule has 4 nitrogen and oxygen atoms in total. The van der Waals surface area contributed by atoms with E-state index in [0.717, 1.165) is 16.9 Å². The highest BCUT2D eigenvalue weighted by Gasteiger charge is 2.07. The van der Waals surface area contributed by atoms with Gasteiger partial charge in [-0.25, -0.2) is 9.97 Å². The number of anilines is 1. The third-order valence-corrected chi connectivity index (χ3v) is 3.56. The van der Waals surface area contributed by atoms with Gasteiger partial charge < -0.3 is 5.32 Å². The molecule has 1 aromatic heterocycles. The van der Waals surface area contributed by atoms with E-state index < -0.39 is 0 Å². The Balaban J connectivity index is 1.87. The normalized spacial score (nSPS) is 10.1. The molecule has 0 spiro atoms. The highest BCUT2D eigenvalue weighted by molar-refractivity contribution is 5.75. The molecule has 0 aliphatic rings. The summed E-state index contributed by atoms with van der Waals surface area (Å²) < 4.78 is 0. The number of nitriles is 1. The van der Waals surface area contributed by atoms with Gasteiger partial charge in [-0.3, -0.25) is 0 Å². The van der Waals surface area contributed by atoms with Crippen molar-refractivity contribution in [1.82, 2.24) is 9.97 Å². The SMILES string of the molecule is Cc1cccc(CNc2ncncc2-c2cccc(C#N)c2)c1. The van der Waals surface area contributed by atoms with Crippen LogP contribution >= 0.6 is 0 Å². The van der Waals surface area contributed by atoms with Crippen LogP contribution in [0.4, 0.5) is 5.82 Å². The molecule has 0 aliphatic carbocycles. The van der Waals surface area contributed by atoms with E-state index in [1.807, 2.05) is 24.3 Å². The third kappa shape index (κ3) is 3.53. The molecule has 0 fully saturated rings. The van der Waals surface area contributed by atoms with Gasteiger partial charge in [-0.15, -0.1) is 0 Å². The molecule has 0 bridgehead atoms. The average molecular weight is 300 g/mol. The lowest BCUT2D eigenvalue weighted by Gasteiger charge is -2.11. The van der Waals surface area contributed by atoms with Gasteiger partial charge in [-0.2, -0.15) is 5.26 Å². The number of nitrogens with zero attached hydrogens (tertiary/aromatic N) is 3. The van der Waals surface area contributed by atoms with Crippen molar-refractivity contribution in [3.05, 3.63) is 77.7 Å². The van der Waals surface area contributed by atoms with E-state index in [1.54, 1.807) is 12.3 Å². The lowest BCUT2D eigenvalue weighted by Crippen LogP contribution is -2.03. The summed E-state index contributed by atoms with van der Waals surface area (Å²) in [5.74, 6) is 0.761. The Hall–Kier alpha value is -3.19. The lowest BCUT2D eigenvalue weighted by atomic mass is 10.1. The van der Waals surface area contributed by atoms with Gasteiger partial charge in [-0.05, 0) is 30.2 Å². The molecule has 1 N–H and O–H groups in total. The van der Waals surface area contributed by atoms with Crippen molar-refractivity contribution in [2.24, 2.45) is 0 Å². The maximum atomic E-state index is 9.06. The van der Waals surface area contributed by atoms with Crippen LogP contribution in [0.2, 0.25) is 0 Å². The number of aromatic nitrogens is 2. The summed E-state index contributed by atoms with van der Waals surface area (Å²) in [5.41, 5.74) is 4.86. The summed E-state index contributed by atoms with van der Waals surface area (Å²) in [6.07, 6.45) is 3.29. The molecule has 3 aromatic rings. The van der Waals surface area contributed by atoms with Crippen LogP contribution in [0.1, 0.15) is 16.7 Å². The first-order valence-corrected chi connectivity index (χ1v) is 7.36. The van der Waals surface area contributed by atoms with Gasteiger partial charge >= 0.3 is 0 Å². The maximum Gasteiger partial charge on any atom is 0.137 e. The van der Waals surface area contributed by atoms with E-state index >= 15 is 0 Å². The van der Waals surface area contributed by atoms with Crippen LogP contribution in [-0.4, -0.2) is 9.97 Å². The predicted octanol–water partition coefficient (Wildman–Crippen LogP) is 3.94. The number of hydrogen-bond donors (Lipinski definition) is 1. The molecule has 3 rings (SSSR count). The Bertz CT molecular complexity index is 865. The zero-order valence-electron chi connectivity index (χ0n) is 12.8. The Morgan fingerprint density at radius 3 is 2.83 bits per heavy atom. The Labute approximate surface area is 135 Å². The first-order valence-electron chi connectivity index (χ1n) is 7.36. The monoisotopic (exact) mass is 300 g/mol. The molecule has 0 unspecified atom stereocenters. The number of aryl methyl sites for hydroxylation is 1. The second kappa shape index (κ2) is 6.71. The average Bonchev–Trinajstić information content (AvgIpc) is 2.60. The van der Waals surface area contributed by atoms with E-state index in [0.29, 0.717) is 12.1 Å². The summed E-state index contributed by atoms with van der Waals surface area (Å²) in [6.45, 7) is 2.76. The fraction of sp³-hybridized carbons (Fsp3) is 0.105. The smallest absolute Gasteiger partial charge is 0.137 e.